The molecular weight excluding hydrogens is 363 g/mol. The smallest absolute Gasteiger partial charge is 0.148 e. The number of aromatic hydroxyl groups is 2. The number of halogens is 3. The van der Waals surface area contributed by atoms with Gasteiger partial charge in [0.2, 0.25) is 0 Å². The highest BCUT2D eigenvalue weighted by Crippen LogP contribution is 2.41. The summed E-state index contributed by atoms with van der Waals surface area (Å²) in [6.07, 6.45) is 0. The highest BCUT2D eigenvalue weighted by atomic mass is 79.9. The van der Waals surface area contributed by atoms with Gasteiger partial charge in [0.1, 0.15) is 11.5 Å². The van der Waals surface area contributed by atoms with Gasteiger partial charge in [-0.25, -0.2) is 0 Å². The van der Waals surface area contributed by atoms with Crippen LogP contribution in [0.5, 0.6) is 11.5 Å². The number of rotatable bonds is 2. The summed E-state index contributed by atoms with van der Waals surface area (Å²) in [7, 11) is 0. The first-order valence-corrected chi connectivity index (χ1v) is 7.46. The molecule has 2 rings (SSSR count). The zero-order valence-electron chi connectivity index (χ0n) is 10.9. The molecule has 2 nitrogen and oxygen atoms in total. The first-order valence-electron chi connectivity index (χ1n) is 5.91. The largest absolute Gasteiger partial charge is 0.506 e. The fourth-order valence-electron chi connectivity index (χ4n) is 1.99. The maximum Gasteiger partial charge on any atom is 0.148 e. The summed E-state index contributed by atoms with van der Waals surface area (Å²) in [5, 5.41) is 19.8. The summed E-state index contributed by atoms with van der Waals surface area (Å²) in [5.41, 5.74) is 1.49. The van der Waals surface area contributed by atoms with Crippen LogP contribution < -0.4 is 0 Å². The molecule has 0 heterocycles. The summed E-state index contributed by atoms with van der Waals surface area (Å²) < 4.78 is 0.540. The first-order chi connectivity index (χ1) is 9.23. The summed E-state index contributed by atoms with van der Waals surface area (Å²) in [6.45, 7) is 4.04. The normalized spacial score (nSPS) is 11.7. The van der Waals surface area contributed by atoms with E-state index in [1.54, 1.807) is 18.2 Å². The topological polar surface area (TPSA) is 40.5 Å². The van der Waals surface area contributed by atoms with E-state index in [2.05, 4.69) is 15.9 Å². The van der Waals surface area contributed by atoms with Crippen LogP contribution in [0.2, 0.25) is 10.0 Å². The van der Waals surface area contributed by atoms with Crippen molar-refractivity contribution < 1.29 is 10.2 Å². The molecule has 2 aromatic rings. The van der Waals surface area contributed by atoms with E-state index < -0.39 is 0 Å². The fraction of sp³-hybridized carbons (Fsp3) is 0.200. The molecular formula is C15H13BrCl2O2. The lowest BCUT2D eigenvalue weighted by Crippen LogP contribution is -2.19. The number of hydrogen-bond acceptors (Lipinski definition) is 2. The summed E-state index contributed by atoms with van der Waals surface area (Å²) >= 11 is 15.3. The third-order valence-corrected chi connectivity index (χ3v) is 4.60. The van der Waals surface area contributed by atoms with E-state index in [0.717, 1.165) is 11.1 Å². The monoisotopic (exact) mass is 374 g/mol. The van der Waals surface area contributed by atoms with Gasteiger partial charge in [0, 0.05) is 5.41 Å². The van der Waals surface area contributed by atoms with Crippen molar-refractivity contribution in [3.63, 3.8) is 0 Å². The van der Waals surface area contributed by atoms with Gasteiger partial charge in [-0.05, 0) is 51.3 Å². The van der Waals surface area contributed by atoms with Gasteiger partial charge in [0.15, 0.2) is 0 Å². The zero-order chi connectivity index (χ0) is 15.1. The van der Waals surface area contributed by atoms with Gasteiger partial charge < -0.3 is 10.2 Å². The van der Waals surface area contributed by atoms with Gasteiger partial charge in [0.25, 0.3) is 0 Å². The third kappa shape index (κ3) is 2.76. The van der Waals surface area contributed by atoms with Gasteiger partial charge >= 0.3 is 0 Å². The molecule has 0 saturated heterocycles. The quantitative estimate of drug-likeness (QED) is 0.728. The molecule has 0 spiro atoms. The van der Waals surface area contributed by atoms with E-state index in [0.29, 0.717) is 9.50 Å². The van der Waals surface area contributed by atoms with Gasteiger partial charge in [-0.2, -0.15) is 0 Å². The van der Waals surface area contributed by atoms with Crippen LogP contribution in [0.4, 0.5) is 0 Å². The fourth-order valence-corrected chi connectivity index (χ4v) is 2.96. The molecule has 2 aromatic carbocycles. The van der Waals surface area contributed by atoms with Crippen LogP contribution in [0.25, 0.3) is 0 Å². The average Bonchev–Trinajstić information content (AvgIpc) is 2.38. The first kappa shape index (κ1) is 15.5. The number of benzene rings is 2. The van der Waals surface area contributed by atoms with Crippen molar-refractivity contribution in [1.29, 1.82) is 0 Å². The molecule has 5 heteroatoms. The predicted octanol–water partition coefficient (Wildman–Crippen LogP) is 5.49. The Morgan fingerprint density at radius 3 is 2.10 bits per heavy atom. The number of hydrogen-bond donors (Lipinski definition) is 2. The molecule has 0 aliphatic carbocycles. The van der Waals surface area contributed by atoms with Crippen molar-refractivity contribution in [3.05, 3.63) is 56.0 Å². The highest BCUT2D eigenvalue weighted by molar-refractivity contribution is 9.10. The second kappa shape index (κ2) is 5.47. The minimum Gasteiger partial charge on any atom is -0.506 e. The number of phenolic OH excluding ortho intramolecular Hbond substituents is 2. The van der Waals surface area contributed by atoms with Crippen molar-refractivity contribution in [1.82, 2.24) is 0 Å². The Hall–Kier alpha value is -0.900. The summed E-state index contributed by atoms with van der Waals surface area (Å²) in [6, 6.07) is 8.66. The maximum atomic E-state index is 9.71. The van der Waals surface area contributed by atoms with E-state index in [1.807, 2.05) is 26.0 Å². The lowest BCUT2D eigenvalue weighted by molar-refractivity contribution is 0.471. The second-order valence-electron chi connectivity index (χ2n) is 5.08. The molecule has 0 atom stereocenters. The van der Waals surface area contributed by atoms with Crippen LogP contribution in [-0.4, -0.2) is 10.2 Å². The van der Waals surface area contributed by atoms with Gasteiger partial charge in [0.05, 0.1) is 14.5 Å². The van der Waals surface area contributed by atoms with E-state index >= 15 is 0 Å². The Morgan fingerprint density at radius 1 is 0.950 bits per heavy atom. The minimum atomic E-state index is -0.378. The van der Waals surface area contributed by atoms with Crippen LogP contribution in [0.3, 0.4) is 0 Å². The minimum absolute atomic E-state index is 0.0231. The zero-order valence-corrected chi connectivity index (χ0v) is 14.0. The SMILES string of the molecule is CC(C)(c1ccc(O)c(Cl)c1)c1cc(Cl)c(O)c(Br)c1. The summed E-state index contributed by atoms with van der Waals surface area (Å²) in [4.78, 5) is 0. The molecule has 0 amide bonds. The van der Waals surface area contributed by atoms with Crippen LogP contribution >= 0.6 is 39.1 Å². The lowest BCUT2D eigenvalue weighted by Gasteiger charge is -2.27. The third-order valence-electron chi connectivity index (χ3n) is 3.41. The molecule has 106 valence electrons. The Kier molecular flexibility index (Phi) is 4.24. The van der Waals surface area contributed by atoms with E-state index in [-0.39, 0.29) is 21.9 Å². The number of phenols is 2. The molecule has 0 radical (unpaired) electrons. The van der Waals surface area contributed by atoms with Crippen LogP contribution in [0.15, 0.2) is 34.8 Å². The molecule has 0 aliphatic rings. The van der Waals surface area contributed by atoms with Crippen molar-refractivity contribution in [2.45, 2.75) is 19.3 Å². The Labute approximate surface area is 136 Å². The Bertz CT molecular complexity index is 646. The highest BCUT2D eigenvalue weighted by Gasteiger charge is 2.25. The standard InChI is InChI=1S/C15H13BrCl2O2/c1-15(2,8-3-4-13(19)11(17)6-8)9-5-10(16)14(20)12(18)7-9/h3-7,19-20H,1-2H3. The van der Waals surface area contributed by atoms with Crippen LogP contribution in [0, 0.1) is 0 Å². The van der Waals surface area contributed by atoms with Crippen LogP contribution in [0.1, 0.15) is 25.0 Å². The predicted molar refractivity (Wildman–Crippen MR) is 86.1 cm³/mol. The van der Waals surface area contributed by atoms with Gasteiger partial charge in [-0.15, -0.1) is 0 Å². The summed E-state index contributed by atoms with van der Waals surface area (Å²) in [5.74, 6) is 0.0751. The molecule has 20 heavy (non-hydrogen) atoms. The molecule has 0 bridgehead atoms. The van der Waals surface area contributed by atoms with E-state index in [1.165, 1.54) is 0 Å². The second-order valence-corrected chi connectivity index (χ2v) is 6.75. The Morgan fingerprint density at radius 2 is 1.55 bits per heavy atom. The lowest BCUT2D eigenvalue weighted by atomic mass is 9.78. The molecule has 2 N–H and O–H groups in total. The molecule has 0 fully saturated rings. The molecule has 0 unspecified atom stereocenters. The van der Waals surface area contributed by atoms with Crippen molar-refractivity contribution in [2.24, 2.45) is 0 Å². The average molecular weight is 376 g/mol. The van der Waals surface area contributed by atoms with Crippen molar-refractivity contribution >= 4 is 39.1 Å². The molecule has 0 aliphatic heterocycles. The van der Waals surface area contributed by atoms with E-state index in [9.17, 15) is 10.2 Å². The van der Waals surface area contributed by atoms with Crippen molar-refractivity contribution in [3.8, 4) is 11.5 Å². The van der Waals surface area contributed by atoms with Gasteiger partial charge in [-0.1, -0.05) is 43.1 Å². The maximum absolute atomic E-state index is 9.71. The molecule has 0 aromatic heterocycles. The van der Waals surface area contributed by atoms with Crippen LogP contribution in [-0.2, 0) is 5.41 Å². The van der Waals surface area contributed by atoms with Gasteiger partial charge in [-0.3, -0.25) is 0 Å². The molecule has 0 saturated carbocycles. The Balaban J connectivity index is 2.56. The van der Waals surface area contributed by atoms with E-state index in [4.69, 9.17) is 23.2 Å². The van der Waals surface area contributed by atoms with Crippen molar-refractivity contribution in [2.75, 3.05) is 0 Å².